The van der Waals surface area contributed by atoms with Crippen molar-refractivity contribution in [1.29, 1.82) is 0 Å². The van der Waals surface area contributed by atoms with Crippen molar-refractivity contribution in [3.63, 3.8) is 0 Å². The highest BCUT2D eigenvalue weighted by Crippen LogP contribution is 2.16. The summed E-state index contributed by atoms with van der Waals surface area (Å²) in [7, 11) is 0. The van der Waals surface area contributed by atoms with E-state index in [0.717, 1.165) is 36.0 Å². The number of aromatic amines is 1. The van der Waals surface area contributed by atoms with E-state index in [2.05, 4.69) is 25.5 Å². The number of aliphatic carboxylic acids is 1. The Hall–Kier alpha value is -1.96. The molecule has 0 aliphatic heterocycles. The van der Waals surface area contributed by atoms with Gasteiger partial charge in [0.1, 0.15) is 12.2 Å². The van der Waals surface area contributed by atoms with E-state index in [0.29, 0.717) is 6.42 Å². The fourth-order valence-corrected chi connectivity index (χ4v) is 2.31. The molecular weight excluding hydrogens is 266 g/mol. The van der Waals surface area contributed by atoms with Gasteiger partial charge in [0.2, 0.25) is 0 Å². The SMILES string of the molecule is O=C(O)CCc1csc(NCCCc2ncn[nH]2)n1. The molecule has 0 unspecified atom stereocenters. The summed E-state index contributed by atoms with van der Waals surface area (Å²) >= 11 is 1.50. The van der Waals surface area contributed by atoms with Crippen LogP contribution in [0.2, 0.25) is 0 Å². The van der Waals surface area contributed by atoms with E-state index >= 15 is 0 Å². The van der Waals surface area contributed by atoms with Crippen molar-refractivity contribution in [3.8, 4) is 0 Å². The van der Waals surface area contributed by atoms with Crippen molar-refractivity contribution in [2.45, 2.75) is 25.7 Å². The number of aromatic nitrogens is 4. The Morgan fingerprint density at radius 2 is 2.37 bits per heavy atom. The lowest BCUT2D eigenvalue weighted by atomic mass is 10.2. The third-order valence-electron chi connectivity index (χ3n) is 2.48. The fourth-order valence-electron chi connectivity index (χ4n) is 1.54. The fraction of sp³-hybridized carbons (Fsp3) is 0.455. The molecule has 8 heteroatoms. The molecule has 0 atom stereocenters. The van der Waals surface area contributed by atoms with Crippen molar-refractivity contribution in [3.05, 3.63) is 23.2 Å². The molecule has 2 aromatic heterocycles. The minimum atomic E-state index is -0.797. The summed E-state index contributed by atoms with van der Waals surface area (Å²) in [5, 5.41) is 21.1. The molecule has 0 fully saturated rings. The molecule has 2 heterocycles. The molecule has 0 saturated heterocycles. The minimum Gasteiger partial charge on any atom is -0.481 e. The van der Waals surface area contributed by atoms with Gasteiger partial charge in [0, 0.05) is 24.8 Å². The molecule has 0 bridgehead atoms. The van der Waals surface area contributed by atoms with Crippen LogP contribution >= 0.6 is 11.3 Å². The molecule has 0 saturated carbocycles. The van der Waals surface area contributed by atoms with E-state index in [1.54, 1.807) is 0 Å². The standard InChI is InChI=1S/C11H15N5O2S/c17-10(18)4-3-8-6-19-11(15-8)12-5-1-2-9-13-7-14-16-9/h6-7H,1-5H2,(H,12,15)(H,17,18)(H,13,14,16). The van der Waals surface area contributed by atoms with Gasteiger partial charge in [-0.2, -0.15) is 5.10 Å². The van der Waals surface area contributed by atoms with Crippen molar-refractivity contribution in [1.82, 2.24) is 20.2 Å². The number of carboxylic acid groups (broad SMARTS) is 1. The number of H-pyrrole nitrogens is 1. The van der Waals surface area contributed by atoms with Crippen LogP contribution in [0.25, 0.3) is 0 Å². The Bertz CT molecular complexity index is 511. The summed E-state index contributed by atoms with van der Waals surface area (Å²) in [6.45, 7) is 0.798. The summed E-state index contributed by atoms with van der Waals surface area (Å²) in [6.07, 6.45) is 3.86. The number of rotatable bonds is 8. The van der Waals surface area contributed by atoms with Gasteiger partial charge in [-0.15, -0.1) is 11.3 Å². The lowest BCUT2D eigenvalue weighted by Gasteiger charge is -2.00. The molecule has 19 heavy (non-hydrogen) atoms. The monoisotopic (exact) mass is 281 g/mol. The molecule has 0 aromatic carbocycles. The number of anilines is 1. The Labute approximate surface area is 114 Å². The highest BCUT2D eigenvalue weighted by atomic mass is 32.1. The second kappa shape index (κ2) is 6.83. The maximum absolute atomic E-state index is 10.4. The number of thiazole rings is 1. The molecule has 0 spiro atoms. The van der Waals surface area contributed by atoms with Gasteiger partial charge in [-0.25, -0.2) is 9.97 Å². The molecule has 2 rings (SSSR count). The molecule has 2 aromatic rings. The normalized spacial score (nSPS) is 10.5. The highest BCUT2D eigenvalue weighted by Gasteiger charge is 2.04. The first-order chi connectivity index (χ1) is 9.24. The summed E-state index contributed by atoms with van der Waals surface area (Å²) in [4.78, 5) is 18.8. The Balaban J connectivity index is 1.67. The van der Waals surface area contributed by atoms with Crippen LogP contribution in [0, 0.1) is 0 Å². The van der Waals surface area contributed by atoms with Gasteiger partial charge in [-0.3, -0.25) is 9.89 Å². The predicted molar refractivity (Wildman–Crippen MR) is 71.3 cm³/mol. The number of nitrogens with one attached hydrogen (secondary N) is 2. The third kappa shape index (κ3) is 4.66. The summed E-state index contributed by atoms with van der Waals surface area (Å²) in [5.41, 5.74) is 0.824. The molecule has 7 nitrogen and oxygen atoms in total. The first-order valence-electron chi connectivity index (χ1n) is 5.98. The quantitative estimate of drug-likeness (QED) is 0.630. The number of carbonyl (C=O) groups is 1. The summed E-state index contributed by atoms with van der Waals surface area (Å²) in [5.74, 6) is 0.0812. The second-order valence-electron chi connectivity index (χ2n) is 4.00. The molecule has 0 aliphatic rings. The van der Waals surface area contributed by atoms with Crippen LogP contribution in [-0.2, 0) is 17.6 Å². The zero-order valence-corrected chi connectivity index (χ0v) is 11.1. The first-order valence-corrected chi connectivity index (χ1v) is 6.86. The lowest BCUT2D eigenvalue weighted by Crippen LogP contribution is -2.04. The van der Waals surface area contributed by atoms with E-state index in [4.69, 9.17) is 5.11 Å². The average molecular weight is 281 g/mol. The largest absolute Gasteiger partial charge is 0.481 e. The number of hydrogen-bond donors (Lipinski definition) is 3. The van der Waals surface area contributed by atoms with E-state index in [-0.39, 0.29) is 6.42 Å². The second-order valence-corrected chi connectivity index (χ2v) is 4.86. The Morgan fingerprint density at radius 3 is 3.11 bits per heavy atom. The van der Waals surface area contributed by atoms with Crippen molar-refractivity contribution >= 4 is 22.4 Å². The van der Waals surface area contributed by atoms with Crippen LogP contribution in [0.15, 0.2) is 11.7 Å². The summed E-state index contributed by atoms with van der Waals surface area (Å²) in [6, 6.07) is 0. The van der Waals surface area contributed by atoms with Crippen LogP contribution in [0.4, 0.5) is 5.13 Å². The maximum Gasteiger partial charge on any atom is 0.303 e. The molecule has 0 radical (unpaired) electrons. The van der Waals surface area contributed by atoms with Crippen LogP contribution < -0.4 is 5.32 Å². The van der Waals surface area contributed by atoms with Gasteiger partial charge in [0.05, 0.1) is 12.1 Å². The van der Waals surface area contributed by atoms with Crippen molar-refractivity contribution < 1.29 is 9.90 Å². The van der Waals surface area contributed by atoms with Gasteiger partial charge in [-0.1, -0.05) is 0 Å². The van der Waals surface area contributed by atoms with E-state index in [1.807, 2.05) is 5.38 Å². The van der Waals surface area contributed by atoms with Crippen LogP contribution in [0.5, 0.6) is 0 Å². The number of hydrogen-bond acceptors (Lipinski definition) is 6. The number of aryl methyl sites for hydroxylation is 2. The molecular formula is C11H15N5O2S. The highest BCUT2D eigenvalue weighted by molar-refractivity contribution is 7.13. The molecule has 102 valence electrons. The number of nitrogens with zero attached hydrogens (tertiary/aromatic N) is 3. The smallest absolute Gasteiger partial charge is 0.303 e. The third-order valence-corrected chi connectivity index (χ3v) is 3.33. The van der Waals surface area contributed by atoms with Crippen LogP contribution in [0.3, 0.4) is 0 Å². The van der Waals surface area contributed by atoms with Gasteiger partial charge in [-0.05, 0) is 6.42 Å². The molecule has 3 N–H and O–H groups in total. The Morgan fingerprint density at radius 1 is 1.47 bits per heavy atom. The predicted octanol–water partition coefficient (Wildman–Crippen LogP) is 1.32. The molecule has 0 aliphatic carbocycles. The van der Waals surface area contributed by atoms with E-state index in [9.17, 15) is 4.79 Å². The van der Waals surface area contributed by atoms with Crippen molar-refractivity contribution in [2.24, 2.45) is 0 Å². The average Bonchev–Trinajstić information content (AvgIpc) is 3.04. The van der Waals surface area contributed by atoms with Gasteiger partial charge >= 0.3 is 5.97 Å². The first kappa shape index (κ1) is 13.5. The summed E-state index contributed by atoms with van der Waals surface area (Å²) < 4.78 is 0. The minimum absolute atomic E-state index is 0.120. The van der Waals surface area contributed by atoms with Gasteiger partial charge in [0.15, 0.2) is 5.13 Å². The van der Waals surface area contributed by atoms with Crippen LogP contribution in [0.1, 0.15) is 24.4 Å². The maximum atomic E-state index is 10.4. The Kier molecular flexibility index (Phi) is 4.85. The number of carboxylic acids is 1. The van der Waals surface area contributed by atoms with Crippen molar-refractivity contribution in [2.75, 3.05) is 11.9 Å². The van der Waals surface area contributed by atoms with E-state index in [1.165, 1.54) is 17.7 Å². The lowest BCUT2D eigenvalue weighted by molar-refractivity contribution is -0.136. The van der Waals surface area contributed by atoms with Gasteiger partial charge in [0.25, 0.3) is 0 Å². The van der Waals surface area contributed by atoms with Gasteiger partial charge < -0.3 is 10.4 Å². The zero-order valence-electron chi connectivity index (χ0n) is 10.3. The van der Waals surface area contributed by atoms with E-state index < -0.39 is 5.97 Å². The zero-order chi connectivity index (χ0) is 13.5. The molecule has 0 amide bonds. The topological polar surface area (TPSA) is 104 Å². The van der Waals surface area contributed by atoms with Crippen LogP contribution in [-0.4, -0.2) is 37.8 Å².